The third kappa shape index (κ3) is 2.91. The molecule has 5 heteroatoms. The van der Waals surface area contributed by atoms with Crippen LogP contribution in [0.3, 0.4) is 0 Å². The predicted molar refractivity (Wildman–Crippen MR) is 91.3 cm³/mol. The number of rotatable bonds is 2. The van der Waals surface area contributed by atoms with Gasteiger partial charge in [-0.25, -0.2) is 4.98 Å². The Morgan fingerprint density at radius 3 is 2.40 bits per heavy atom. The standard InChI is InChI=1S/C15H15ClIN3/c16-14-12(17)13(11-7-3-1-4-8-11)18-15(19-14)20-9-5-2-6-10-20/h1,3-4,7-8H,2,5-6,9-10H2. The van der Waals surface area contributed by atoms with E-state index in [1.165, 1.54) is 19.3 Å². The number of hydrogen-bond acceptors (Lipinski definition) is 3. The predicted octanol–water partition coefficient (Wildman–Crippen LogP) is 4.39. The zero-order chi connectivity index (χ0) is 13.9. The van der Waals surface area contributed by atoms with Crippen molar-refractivity contribution in [2.24, 2.45) is 0 Å². The van der Waals surface area contributed by atoms with E-state index in [0.29, 0.717) is 5.15 Å². The van der Waals surface area contributed by atoms with Crippen LogP contribution in [-0.2, 0) is 0 Å². The van der Waals surface area contributed by atoms with Gasteiger partial charge in [-0.15, -0.1) is 0 Å². The molecule has 0 atom stereocenters. The summed E-state index contributed by atoms with van der Waals surface area (Å²) in [7, 11) is 0. The van der Waals surface area contributed by atoms with E-state index < -0.39 is 0 Å². The van der Waals surface area contributed by atoms with Crippen LogP contribution in [0.2, 0.25) is 5.15 Å². The maximum Gasteiger partial charge on any atom is 0.227 e. The molecular formula is C15H15ClIN3. The second-order valence-electron chi connectivity index (χ2n) is 4.89. The van der Waals surface area contributed by atoms with Crippen LogP contribution in [0.5, 0.6) is 0 Å². The third-order valence-corrected chi connectivity index (χ3v) is 5.10. The van der Waals surface area contributed by atoms with E-state index in [-0.39, 0.29) is 0 Å². The Hall–Kier alpha value is -0.880. The number of aromatic nitrogens is 2. The quantitative estimate of drug-likeness (QED) is 0.554. The summed E-state index contributed by atoms with van der Waals surface area (Å²) in [6.45, 7) is 2.04. The average Bonchev–Trinajstić information content (AvgIpc) is 2.51. The van der Waals surface area contributed by atoms with Gasteiger partial charge in [0.2, 0.25) is 5.95 Å². The summed E-state index contributed by atoms with van der Waals surface area (Å²) in [5.74, 6) is 0.758. The molecule has 1 fully saturated rings. The largest absolute Gasteiger partial charge is 0.341 e. The molecule has 2 heterocycles. The van der Waals surface area contributed by atoms with Crippen LogP contribution in [0.4, 0.5) is 5.95 Å². The Morgan fingerprint density at radius 2 is 1.70 bits per heavy atom. The minimum absolute atomic E-state index is 0.542. The van der Waals surface area contributed by atoms with Crippen molar-refractivity contribution in [3.05, 3.63) is 39.1 Å². The molecular weight excluding hydrogens is 385 g/mol. The van der Waals surface area contributed by atoms with Gasteiger partial charge in [0, 0.05) is 18.7 Å². The number of nitrogens with zero attached hydrogens (tertiary/aromatic N) is 3. The zero-order valence-corrected chi connectivity index (χ0v) is 13.9. The van der Waals surface area contributed by atoms with Crippen molar-refractivity contribution in [1.29, 1.82) is 0 Å². The summed E-state index contributed by atoms with van der Waals surface area (Å²) >= 11 is 8.52. The van der Waals surface area contributed by atoms with Crippen LogP contribution in [0, 0.1) is 3.57 Å². The van der Waals surface area contributed by atoms with E-state index in [1.54, 1.807) is 0 Å². The number of halogens is 2. The smallest absolute Gasteiger partial charge is 0.227 e. The lowest BCUT2D eigenvalue weighted by Crippen LogP contribution is -2.31. The van der Waals surface area contributed by atoms with E-state index in [2.05, 4.69) is 44.6 Å². The molecule has 1 aliphatic rings. The minimum atomic E-state index is 0.542. The molecule has 0 radical (unpaired) electrons. The molecule has 2 aromatic rings. The monoisotopic (exact) mass is 399 g/mol. The van der Waals surface area contributed by atoms with Crippen LogP contribution < -0.4 is 4.90 Å². The molecule has 1 aliphatic heterocycles. The highest BCUT2D eigenvalue weighted by Gasteiger charge is 2.18. The van der Waals surface area contributed by atoms with Gasteiger partial charge in [0.1, 0.15) is 5.15 Å². The second-order valence-corrected chi connectivity index (χ2v) is 6.33. The molecule has 0 amide bonds. The van der Waals surface area contributed by atoms with Crippen LogP contribution in [0.15, 0.2) is 30.3 Å². The van der Waals surface area contributed by atoms with Gasteiger partial charge in [-0.1, -0.05) is 41.9 Å². The summed E-state index contributed by atoms with van der Waals surface area (Å²) < 4.78 is 0.913. The fourth-order valence-electron chi connectivity index (χ4n) is 2.43. The van der Waals surface area contributed by atoms with Gasteiger partial charge in [-0.2, -0.15) is 4.98 Å². The summed E-state index contributed by atoms with van der Waals surface area (Å²) in [6.07, 6.45) is 3.70. The Bertz CT molecular complexity index is 598. The first-order chi connectivity index (χ1) is 9.75. The van der Waals surface area contributed by atoms with E-state index in [1.807, 2.05) is 18.2 Å². The molecule has 0 spiro atoms. The third-order valence-electron chi connectivity index (χ3n) is 3.49. The molecule has 20 heavy (non-hydrogen) atoms. The second kappa shape index (κ2) is 6.26. The van der Waals surface area contributed by atoms with Crippen LogP contribution in [0.1, 0.15) is 19.3 Å². The maximum absolute atomic E-state index is 6.30. The number of hydrogen-bond donors (Lipinski definition) is 0. The first kappa shape index (κ1) is 14.1. The Labute approximate surface area is 137 Å². The summed E-state index contributed by atoms with van der Waals surface area (Å²) in [4.78, 5) is 11.4. The van der Waals surface area contributed by atoms with Gasteiger partial charge in [0.15, 0.2) is 0 Å². The van der Waals surface area contributed by atoms with Gasteiger partial charge in [0.25, 0.3) is 0 Å². The number of piperidine rings is 1. The topological polar surface area (TPSA) is 29.0 Å². The van der Waals surface area contributed by atoms with Crippen LogP contribution >= 0.6 is 34.2 Å². The molecule has 3 rings (SSSR count). The highest BCUT2D eigenvalue weighted by Crippen LogP contribution is 2.30. The lowest BCUT2D eigenvalue weighted by atomic mass is 10.1. The fourth-order valence-corrected chi connectivity index (χ4v) is 3.15. The molecule has 0 unspecified atom stereocenters. The highest BCUT2D eigenvalue weighted by atomic mass is 127. The molecule has 0 N–H and O–H groups in total. The SMILES string of the molecule is Clc1nc(N2CCCCC2)nc(-c2ccccc2)c1I. The van der Waals surface area contributed by atoms with Crippen molar-refractivity contribution in [3.8, 4) is 11.3 Å². The van der Waals surface area contributed by atoms with Gasteiger partial charge < -0.3 is 4.90 Å². The maximum atomic E-state index is 6.30. The summed E-state index contributed by atoms with van der Waals surface area (Å²) in [6, 6.07) is 10.1. The van der Waals surface area contributed by atoms with E-state index in [4.69, 9.17) is 16.6 Å². The Kier molecular flexibility index (Phi) is 4.41. The highest BCUT2D eigenvalue weighted by molar-refractivity contribution is 14.1. The molecule has 1 aromatic heterocycles. The molecule has 0 bridgehead atoms. The molecule has 1 saturated heterocycles. The van der Waals surface area contributed by atoms with Gasteiger partial charge in [-0.05, 0) is 41.9 Å². The zero-order valence-electron chi connectivity index (χ0n) is 11.0. The molecule has 1 aromatic carbocycles. The number of benzene rings is 1. The van der Waals surface area contributed by atoms with Gasteiger partial charge in [0.05, 0.1) is 9.26 Å². The normalized spacial score (nSPS) is 15.4. The molecule has 3 nitrogen and oxygen atoms in total. The fraction of sp³-hybridized carbons (Fsp3) is 0.333. The molecule has 0 aliphatic carbocycles. The van der Waals surface area contributed by atoms with Crippen molar-refractivity contribution >= 4 is 40.1 Å². The summed E-state index contributed by atoms with van der Waals surface area (Å²) in [5, 5.41) is 0.542. The van der Waals surface area contributed by atoms with Crippen molar-refractivity contribution < 1.29 is 0 Å². The van der Waals surface area contributed by atoms with E-state index in [9.17, 15) is 0 Å². The Morgan fingerprint density at radius 1 is 1.00 bits per heavy atom. The molecule has 0 saturated carbocycles. The van der Waals surface area contributed by atoms with E-state index in [0.717, 1.165) is 33.9 Å². The Balaban J connectivity index is 2.03. The number of anilines is 1. The van der Waals surface area contributed by atoms with Crippen LogP contribution in [0.25, 0.3) is 11.3 Å². The first-order valence-corrected chi connectivity index (χ1v) is 8.25. The average molecular weight is 400 g/mol. The lowest BCUT2D eigenvalue weighted by Gasteiger charge is -2.27. The van der Waals surface area contributed by atoms with Crippen molar-refractivity contribution in [1.82, 2.24) is 9.97 Å². The van der Waals surface area contributed by atoms with Crippen molar-refractivity contribution in [2.75, 3.05) is 18.0 Å². The van der Waals surface area contributed by atoms with Gasteiger partial charge in [-0.3, -0.25) is 0 Å². The first-order valence-electron chi connectivity index (χ1n) is 6.79. The lowest BCUT2D eigenvalue weighted by molar-refractivity contribution is 0.568. The summed E-state index contributed by atoms with van der Waals surface area (Å²) in [5.41, 5.74) is 2.01. The van der Waals surface area contributed by atoms with E-state index >= 15 is 0 Å². The van der Waals surface area contributed by atoms with Crippen molar-refractivity contribution in [2.45, 2.75) is 19.3 Å². The van der Waals surface area contributed by atoms with Gasteiger partial charge >= 0.3 is 0 Å². The molecule has 104 valence electrons. The van der Waals surface area contributed by atoms with Crippen LogP contribution in [-0.4, -0.2) is 23.1 Å². The minimum Gasteiger partial charge on any atom is -0.341 e. The van der Waals surface area contributed by atoms with Crippen molar-refractivity contribution in [3.63, 3.8) is 0 Å².